The quantitative estimate of drug-likeness (QED) is 0.408. The number of ether oxygens (including phenoxy) is 1. The lowest BCUT2D eigenvalue weighted by Crippen LogP contribution is -1.96. The molecule has 0 spiro atoms. The van der Waals surface area contributed by atoms with Crippen molar-refractivity contribution in [2.24, 2.45) is 0 Å². The molecule has 0 aliphatic heterocycles. The number of benzene rings is 4. The Balaban J connectivity index is 2.17. The maximum Gasteiger partial charge on any atom is 0.131 e. The van der Waals surface area contributed by atoms with Crippen LogP contribution in [-0.4, -0.2) is 6.61 Å². The molecular weight excluding hydrogens is 327 g/mol. The van der Waals surface area contributed by atoms with Crippen molar-refractivity contribution in [3.8, 4) is 22.6 Å². The summed E-state index contributed by atoms with van der Waals surface area (Å²) in [4.78, 5) is 0. The summed E-state index contributed by atoms with van der Waals surface area (Å²) in [5.74, 6) is 1.70. The molecule has 25 heavy (non-hydrogen) atoms. The van der Waals surface area contributed by atoms with Gasteiger partial charge in [-0.25, -0.2) is 0 Å². The van der Waals surface area contributed by atoms with Gasteiger partial charge in [0.2, 0.25) is 0 Å². The monoisotopic (exact) mass is 346 g/mol. The first kappa shape index (κ1) is 15.9. The van der Waals surface area contributed by atoms with Crippen LogP contribution in [-0.2, 0) is 0 Å². The Bertz CT molecular complexity index is 1060. The molecule has 3 heteroatoms. The molecule has 0 radical (unpaired) electrons. The molecule has 4 rings (SSSR count). The Morgan fingerprint density at radius 3 is 1.76 bits per heavy atom. The minimum absolute atomic E-state index is 0.618. The van der Waals surface area contributed by atoms with Gasteiger partial charge in [-0.2, -0.15) is 0 Å². The number of hydrogen-bond acceptors (Lipinski definition) is 2. The topological polar surface area (TPSA) is 18.5 Å². The largest absolute Gasteiger partial charge is 0.493 e. The number of hydrogen-bond donors (Lipinski definition) is 0. The zero-order chi connectivity index (χ0) is 17.2. The van der Waals surface area contributed by atoms with Crippen LogP contribution in [0.15, 0.2) is 72.8 Å². The molecule has 1 unspecified atom stereocenters. The van der Waals surface area contributed by atoms with E-state index in [9.17, 15) is 0 Å². The SMILES string of the molecule is CCOc1ccc2ccccc2c1-c1c(OP)ccc2ccccc12. The van der Waals surface area contributed by atoms with Crippen molar-refractivity contribution in [2.45, 2.75) is 6.92 Å². The maximum atomic E-state index is 5.99. The van der Waals surface area contributed by atoms with Crippen molar-refractivity contribution < 1.29 is 9.26 Å². The summed E-state index contributed by atoms with van der Waals surface area (Å²) in [5, 5.41) is 4.68. The van der Waals surface area contributed by atoms with Crippen LogP contribution in [0.1, 0.15) is 6.92 Å². The fraction of sp³-hybridized carbons (Fsp3) is 0.0909. The van der Waals surface area contributed by atoms with Gasteiger partial charge in [0.15, 0.2) is 0 Å². The van der Waals surface area contributed by atoms with E-state index in [1.54, 1.807) is 0 Å². The van der Waals surface area contributed by atoms with E-state index < -0.39 is 0 Å². The van der Waals surface area contributed by atoms with Gasteiger partial charge in [-0.15, -0.1) is 0 Å². The lowest BCUT2D eigenvalue weighted by atomic mass is 9.92. The fourth-order valence-corrected chi connectivity index (χ4v) is 3.59. The summed E-state index contributed by atoms with van der Waals surface area (Å²) in [6.45, 7) is 2.63. The summed E-state index contributed by atoms with van der Waals surface area (Å²) >= 11 is 0. The molecule has 0 amide bonds. The maximum absolute atomic E-state index is 5.99. The second-order valence-corrected chi connectivity index (χ2v) is 6.11. The first-order valence-corrected chi connectivity index (χ1v) is 8.84. The van der Waals surface area contributed by atoms with Crippen LogP contribution in [0.4, 0.5) is 0 Å². The van der Waals surface area contributed by atoms with Crippen molar-refractivity contribution in [3.05, 3.63) is 72.8 Å². The van der Waals surface area contributed by atoms with E-state index in [-0.39, 0.29) is 0 Å². The highest BCUT2D eigenvalue weighted by Gasteiger charge is 2.18. The minimum atomic E-state index is 0.618. The Labute approximate surface area is 149 Å². The Morgan fingerprint density at radius 2 is 1.20 bits per heavy atom. The van der Waals surface area contributed by atoms with Gasteiger partial charge >= 0.3 is 0 Å². The fourth-order valence-electron chi connectivity index (χ4n) is 3.39. The predicted octanol–water partition coefficient (Wildman–Crippen LogP) is 6.23. The van der Waals surface area contributed by atoms with Crippen molar-refractivity contribution in [2.75, 3.05) is 6.61 Å². The molecule has 0 fully saturated rings. The van der Waals surface area contributed by atoms with E-state index in [1.165, 1.54) is 10.8 Å². The van der Waals surface area contributed by atoms with E-state index in [2.05, 4.69) is 76.2 Å². The average molecular weight is 346 g/mol. The predicted molar refractivity (Wildman–Crippen MR) is 108 cm³/mol. The Kier molecular flexibility index (Phi) is 4.29. The highest BCUT2D eigenvalue weighted by molar-refractivity contribution is 7.10. The summed E-state index contributed by atoms with van der Waals surface area (Å²) in [6.07, 6.45) is 0. The van der Waals surface area contributed by atoms with Crippen LogP contribution in [0.3, 0.4) is 0 Å². The third-order valence-electron chi connectivity index (χ3n) is 4.46. The Morgan fingerprint density at radius 1 is 0.680 bits per heavy atom. The lowest BCUT2D eigenvalue weighted by Gasteiger charge is -2.18. The molecule has 124 valence electrons. The minimum Gasteiger partial charge on any atom is -0.493 e. The molecule has 0 heterocycles. The van der Waals surface area contributed by atoms with E-state index in [0.717, 1.165) is 33.4 Å². The molecule has 0 bridgehead atoms. The van der Waals surface area contributed by atoms with E-state index in [1.807, 2.05) is 13.0 Å². The highest BCUT2D eigenvalue weighted by Crippen LogP contribution is 2.45. The standard InChI is InChI=1S/C22H19O2P/c1-2-23-19-13-11-15-7-3-5-9-17(15)21(19)22-18-10-6-4-8-16(18)12-14-20(22)24-25/h3-14H,2,25H2,1H3. The van der Waals surface area contributed by atoms with Gasteiger partial charge in [-0.1, -0.05) is 60.7 Å². The summed E-state index contributed by atoms with van der Waals surface area (Å²) in [5.41, 5.74) is 2.14. The normalized spacial score (nSPS) is 11.0. The summed E-state index contributed by atoms with van der Waals surface area (Å²) in [6, 6.07) is 25.0. The van der Waals surface area contributed by atoms with E-state index in [0.29, 0.717) is 6.61 Å². The van der Waals surface area contributed by atoms with Crippen molar-refractivity contribution in [3.63, 3.8) is 0 Å². The zero-order valence-electron chi connectivity index (χ0n) is 14.0. The van der Waals surface area contributed by atoms with E-state index in [4.69, 9.17) is 9.26 Å². The highest BCUT2D eigenvalue weighted by atomic mass is 31.0. The molecule has 0 saturated carbocycles. The van der Waals surface area contributed by atoms with Gasteiger partial charge in [0, 0.05) is 11.1 Å². The second kappa shape index (κ2) is 6.74. The smallest absolute Gasteiger partial charge is 0.131 e. The van der Waals surface area contributed by atoms with Gasteiger partial charge in [0.1, 0.15) is 11.5 Å². The van der Waals surface area contributed by atoms with Crippen LogP contribution in [0.2, 0.25) is 0 Å². The first-order valence-electron chi connectivity index (χ1n) is 8.37. The van der Waals surface area contributed by atoms with Gasteiger partial charge in [-0.05, 0) is 40.6 Å². The van der Waals surface area contributed by atoms with Crippen molar-refractivity contribution >= 4 is 31.0 Å². The molecule has 0 saturated heterocycles. The third kappa shape index (κ3) is 2.73. The molecular formula is C22H19O2P. The van der Waals surface area contributed by atoms with Crippen LogP contribution < -0.4 is 9.26 Å². The van der Waals surface area contributed by atoms with Crippen LogP contribution >= 0.6 is 9.47 Å². The summed E-state index contributed by atoms with van der Waals surface area (Å²) in [7, 11) is 2.37. The molecule has 2 nitrogen and oxygen atoms in total. The van der Waals surface area contributed by atoms with Gasteiger partial charge in [0.05, 0.1) is 16.1 Å². The molecule has 1 atom stereocenters. The first-order chi connectivity index (χ1) is 12.3. The van der Waals surface area contributed by atoms with E-state index >= 15 is 0 Å². The molecule has 0 aromatic heterocycles. The molecule has 0 N–H and O–H groups in total. The van der Waals surface area contributed by atoms with Crippen LogP contribution in [0.25, 0.3) is 32.7 Å². The number of rotatable bonds is 4. The lowest BCUT2D eigenvalue weighted by molar-refractivity contribution is 0.342. The second-order valence-electron chi connectivity index (χ2n) is 5.87. The average Bonchev–Trinajstić information content (AvgIpc) is 2.67. The van der Waals surface area contributed by atoms with Crippen molar-refractivity contribution in [1.82, 2.24) is 0 Å². The molecule has 0 aliphatic rings. The molecule has 4 aromatic rings. The molecule has 0 aliphatic carbocycles. The zero-order valence-corrected chi connectivity index (χ0v) is 15.2. The van der Waals surface area contributed by atoms with Crippen LogP contribution in [0.5, 0.6) is 11.5 Å². The summed E-state index contributed by atoms with van der Waals surface area (Å²) < 4.78 is 11.6. The number of fused-ring (bicyclic) bond motifs is 2. The van der Waals surface area contributed by atoms with Gasteiger partial charge in [0.25, 0.3) is 0 Å². The van der Waals surface area contributed by atoms with Crippen molar-refractivity contribution in [1.29, 1.82) is 0 Å². The van der Waals surface area contributed by atoms with Gasteiger partial charge in [-0.3, -0.25) is 0 Å². The van der Waals surface area contributed by atoms with Gasteiger partial charge < -0.3 is 9.26 Å². The van der Waals surface area contributed by atoms with Crippen LogP contribution in [0, 0.1) is 0 Å². The Hall–Kier alpha value is -2.57. The third-order valence-corrected chi connectivity index (χ3v) is 4.71. The molecule has 4 aromatic carbocycles.